The number of ether oxygens (including phenoxy) is 3. The van der Waals surface area contributed by atoms with Crippen molar-refractivity contribution in [2.45, 2.75) is 297 Å². The highest BCUT2D eigenvalue weighted by molar-refractivity contribution is 5.70. The molecule has 0 spiro atoms. The summed E-state index contributed by atoms with van der Waals surface area (Å²) in [5.74, 6) is -0.412. The second kappa shape index (κ2) is 58.7. The van der Waals surface area contributed by atoms with Gasteiger partial charge in [0.2, 0.25) is 0 Å². The lowest BCUT2D eigenvalue weighted by Gasteiger charge is -2.18. The van der Waals surface area contributed by atoms with Crippen LogP contribution >= 0.6 is 0 Å². The van der Waals surface area contributed by atoms with Crippen LogP contribution < -0.4 is 0 Å². The van der Waals surface area contributed by atoms with Gasteiger partial charge in [-0.15, -0.1) is 0 Å². The third kappa shape index (κ3) is 55.9. The third-order valence-corrected chi connectivity index (χ3v) is 12.7. The first-order valence-corrected chi connectivity index (χ1v) is 29.5. The molecular weight excluding hydrogens is 837 g/mol. The Morgan fingerprint density at radius 3 is 1.09 bits per heavy atom. The summed E-state index contributed by atoms with van der Waals surface area (Å²) >= 11 is 0. The van der Waals surface area contributed by atoms with E-state index in [2.05, 4.69) is 93.7 Å². The van der Waals surface area contributed by atoms with Gasteiger partial charge in [-0.2, -0.15) is 0 Å². The minimum absolute atomic E-state index is 0.0724. The first-order valence-electron chi connectivity index (χ1n) is 29.5. The van der Waals surface area contributed by atoms with Gasteiger partial charge in [0.25, 0.3) is 0 Å². The van der Waals surface area contributed by atoms with E-state index in [9.17, 15) is 9.59 Å². The topological polar surface area (TPSA) is 61.8 Å². The Kier molecular flexibility index (Phi) is 56.4. The number of unbranched alkanes of at least 4 members (excludes halogenated alkanes) is 31. The SMILES string of the molecule is CCC/C=C\C/C=C\CCCCCCCCOCC(COC(=O)CCCCCCCC/C=C\C/C=C\C/C=C\CCCCC)OC(=O)CCCCCCCCCCC/C=C\CCCCCCCC. The predicted octanol–water partition coefficient (Wildman–Crippen LogP) is 20.2. The summed E-state index contributed by atoms with van der Waals surface area (Å²) in [6.45, 7) is 7.73. The van der Waals surface area contributed by atoms with E-state index >= 15 is 0 Å². The predicted molar refractivity (Wildman–Crippen MR) is 297 cm³/mol. The van der Waals surface area contributed by atoms with Gasteiger partial charge in [-0.05, 0) is 109 Å². The zero-order chi connectivity index (χ0) is 49.2. The molecule has 0 amide bonds. The molecule has 0 aromatic rings. The number of allylic oxidation sites excluding steroid dienone is 12. The minimum Gasteiger partial charge on any atom is -0.462 e. The smallest absolute Gasteiger partial charge is 0.306 e. The number of rotatable bonds is 54. The molecule has 5 nitrogen and oxygen atoms in total. The molecule has 5 heteroatoms. The van der Waals surface area contributed by atoms with E-state index in [4.69, 9.17) is 14.2 Å². The first kappa shape index (κ1) is 65.3. The highest BCUT2D eigenvalue weighted by Crippen LogP contribution is 2.15. The molecule has 1 atom stereocenters. The van der Waals surface area contributed by atoms with Gasteiger partial charge in [0.05, 0.1) is 6.61 Å². The fourth-order valence-corrected chi connectivity index (χ4v) is 8.26. The molecule has 68 heavy (non-hydrogen) atoms. The molecule has 0 saturated heterocycles. The maximum Gasteiger partial charge on any atom is 0.306 e. The number of carbonyl (C=O) groups is 2. The summed E-state index contributed by atoms with van der Waals surface area (Å²) in [4.78, 5) is 25.5. The van der Waals surface area contributed by atoms with Crippen LogP contribution in [0, 0.1) is 0 Å². The normalized spacial score (nSPS) is 12.7. The van der Waals surface area contributed by atoms with Gasteiger partial charge in [-0.3, -0.25) is 9.59 Å². The molecule has 0 aromatic carbocycles. The lowest BCUT2D eigenvalue weighted by molar-refractivity contribution is -0.163. The molecule has 0 heterocycles. The van der Waals surface area contributed by atoms with Crippen molar-refractivity contribution in [3.63, 3.8) is 0 Å². The van der Waals surface area contributed by atoms with Gasteiger partial charge in [-0.25, -0.2) is 0 Å². The molecule has 0 aliphatic heterocycles. The van der Waals surface area contributed by atoms with Crippen molar-refractivity contribution in [1.82, 2.24) is 0 Å². The zero-order valence-corrected chi connectivity index (χ0v) is 45.4. The lowest BCUT2D eigenvalue weighted by atomic mass is 10.1. The quantitative estimate of drug-likeness (QED) is 0.0345. The molecule has 0 N–H and O–H groups in total. The summed E-state index contributed by atoms with van der Waals surface area (Å²) in [6, 6.07) is 0. The summed E-state index contributed by atoms with van der Waals surface area (Å²) in [5.41, 5.74) is 0. The molecule has 0 fully saturated rings. The summed E-state index contributed by atoms with van der Waals surface area (Å²) in [7, 11) is 0. The van der Waals surface area contributed by atoms with Crippen LogP contribution in [0.15, 0.2) is 72.9 Å². The van der Waals surface area contributed by atoms with Gasteiger partial charge in [-0.1, -0.05) is 241 Å². The van der Waals surface area contributed by atoms with Gasteiger partial charge in [0.1, 0.15) is 6.61 Å². The highest BCUT2D eigenvalue weighted by atomic mass is 16.6. The Bertz CT molecular complexity index is 1210. The Morgan fingerprint density at radius 1 is 0.324 bits per heavy atom. The van der Waals surface area contributed by atoms with Crippen molar-refractivity contribution < 1.29 is 23.8 Å². The van der Waals surface area contributed by atoms with Crippen LogP contribution in [0.5, 0.6) is 0 Å². The lowest BCUT2D eigenvalue weighted by Crippen LogP contribution is -2.30. The van der Waals surface area contributed by atoms with Crippen molar-refractivity contribution in [2.24, 2.45) is 0 Å². The molecule has 394 valence electrons. The monoisotopic (exact) mass is 949 g/mol. The molecule has 0 aromatic heterocycles. The van der Waals surface area contributed by atoms with Crippen molar-refractivity contribution in [1.29, 1.82) is 0 Å². The Morgan fingerprint density at radius 2 is 0.647 bits per heavy atom. The Balaban J connectivity index is 4.29. The summed E-state index contributed by atoms with van der Waals surface area (Å²) < 4.78 is 17.5. The Hall–Kier alpha value is -2.66. The molecule has 0 saturated carbocycles. The second-order valence-electron chi connectivity index (χ2n) is 19.5. The molecule has 0 aliphatic rings. The number of esters is 2. The molecular formula is C63H112O5. The van der Waals surface area contributed by atoms with Crippen LogP contribution in [0.2, 0.25) is 0 Å². The molecule has 1 unspecified atom stereocenters. The maximum absolute atomic E-state index is 12.9. The molecule has 0 rings (SSSR count). The van der Waals surface area contributed by atoms with Crippen molar-refractivity contribution >= 4 is 11.9 Å². The number of carbonyl (C=O) groups excluding carboxylic acids is 2. The minimum atomic E-state index is -0.551. The maximum atomic E-state index is 12.9. The average molecular weight is 950 g/mol. The van der Waals surface area contributed by atoms with Gasteiger partial charge in [0, 0.05) is 19.4 Å². The van der Waals surface area contributed by atoms with Crippen LogP contribution in [0.3, 0.4) is 0 Å². The van der Waals surface area contributed by atoms with E-state index in [1.165, 1.54) is 186 Å². The fraction of sp³-hybridized carbons (Fsp3) is 0.778. The molecule has 0 bridgehead atoms. The van der Waals surface area contributed by atoms with Crippen molar-refractivity contribution in [3.8, 4) is 0 Å². The van der Waals surface area contributed by atoms with E-state index in [-0.39, 0.29) is 25.2 Å². The molecule has 0 aliphatic carbocycles. The standard InChI is InChI=1S/C63H112O5/c1-4-7-10-13-16-19-22-25-28-30-32-34-36-38-41-44-47-50-53-56-62(64)67-60-61(59-66-58-55-52-49-46-43-40-27-24-21-18-15-12-9-6-3)68-63(65)57-54-51-48-45-42-39-37-35-33-31-29-26-23-20-17-14-11-8-5-2/h12,15-16,19,21,24-26,28-29,32,34,61H,4-11,13-14,17-18,20,22-23,27,30-31,33,35-60H2,1-3H3/b15-12-,19-16-,24-21-,28-25-,29-26-,34-32-. The van der Waals surface area contributed by atoms with Gasteiger partial charge < -0.3 is 14.2 Å². The van der Waals surface area contributed by atoms with E-state index in [0.29, 0.717) is 19.4 Å². The van der Waals surface area contributed by atoms with Crippen molar-refractivity contribution in [2.75, 3.05) is 19.8 Å². The van der Waals surface area contributed by atoms with Crippen LogP contribution in [-0.2, 0) is 23.8 Å². The summed E-state index contributed by atoms with van der Waals surface area (Å²) in [6.07, 6.45) is 76.3. The number of hydrogen-bond donors (Lipinski definition) is 0. The fourth-order valence-electron chi connectivity index (χ4n) is 8.26. The largest absolute Gasteiger partial charge is 0.462 e. The van der Waals surface area contributed by atoms with Crippen molar-refractivity contribution in [3.05, 3.63) is 72.9 Å². The zero-order valence-electron chi connectivity index (χ0n) is 45.4. The third-order valence-electron chi connectivity index (χ3n) is 12.7. The molecule has 0 radical (unpaired) electrons. The summed E-state index contributed by atoms with van der Waals surface area (Å²) in [5, 5.41) is 0. The average Bonchev–Trinajstić information content (AvgIpc) is 3.34. The number of hydrogen-bond acceptors (Lipinski definition) is 5. The highest BCUT2D eigenvalue weighted by Gasteiger charge is 2.17. The van der Waals surface area contributed by atoms with E-state index in [1.807, 2.05) is 0 Å². The van der Waals surface area contributed by atoms with Crippen LogP contribution in [0.25, 0.3) is 0 Å². The Labute approximate surface area is 423 Å². The van der Waals surface area contributed by atoms with E-state index < -0.39 is 6.10 Å². The van der Waals surface area contributed by atoms with E-state index in [0.717, 1.165) is 70.6 Å². The van der Waals surface area contributed by atoms with E-state index in [1.54, 1.807) is 0 Å². The van der Waals surface area contributed by atoms with Crippen LogP contribution in [0.1, 0.15) is 290 Å². The van der Waals surface area contributed by atoms with Crippen LogP contribution in [0.4, 0.5) is 0 Å². The van der Waals surface area contributed by atoms with Gasteiger partial charge in [0.15, 0.2) is 6.10 Å². The first-order chi connectivity index (χ1) is 33.6. The van der Waals surface area contributed by atoms with Gasteiger partial charge >= 0.3 is 11.9 Å². The van der Waals surface area contributed by atoms with Crippen LogP contribution in [-0.4, -0.2) is 37.9 Å². The second-order valence-corrected chi connectivity index (χ2v) is 19.5.